The Balaban J connectivity index is 1.56. The second kappa shape index (κ2) is 6.16. The Labute approximate surface area is 146 Å². The number of hydrogen-bond donors (Lipinski definition) is 1. The molecule has 2 amide bonds. The minimum atomic E-state index is -0.0293. The molecule has 1 saturated carbocycles. The van der Waals surface area contributed by atoms with Crippen molar-refractivity contribution in [2.75, 3.05) is 13.1 Å². The van der Waals surface area contributed by atoms with Crippen LogP contribution in [0.3, 0.4) is 0 Å². The van der Waals surface area contributed by atoms with E-state index in [1.807, 2.05) is 16.6 Å². The molecule has 1 aliphatic carbocycles. The van der Waals surface area contributed by atoms with Gasteiger partial charge in [0.25, 0.3) is 5.89 Å². The lowest BCUT2D eigenvalue weighted by molar-refractivity contribution is 0.190. The molecule has 2 aromatic heterocycles. The zero-order valence-corrected chi connectivity index (χ0v) is 14.9. The van der Waals surface area contributed by atoms with E-state index in [4.69, 9.17) is 4.52 Å². The van der Waals surface area contributed by atoms with E-state index < -0.39 is 0 Å². The van der Waals surface area contributed by atoms with Gasteiger partial charge >= 0.3 is 6.03 Å². The van der Waals surface area contributed by atoms with Gasteiger partial charge in [-0.2, -0.15) is 10.1 Å². The Morgan fingerprint density at radius 1 is 1.40 bits per heavy atom. The van der Waals surface area contributed by atoms with Crippen molar-refractivity contribution in [3.05, 3.63) is 17.1 Å². The summed E-state index contributed by atoms with van der Waals surface area (Å²) in [6.07, 6.45) is 3.03. The topological polar surface area (TPSA) is 89.1 Å². The molecule has 3 heterocycles. The highest BCUT2D eigenvalue weighted by Crippen LogP contribution is 2.39. The fraction of sp³-hybridized carbons (Fsp3) is 0.647. The van der Waals surface area contributed by atoms with Crippen LogP contribution in [0.25, 0.3) is 11.6 Å². The number of hydrogen-bond acceptors (Lipinski definition) is 5. The van der Waals surface area contributed by atoms with Crippen LogP contribution < -0.4 is 5.32 Å². The maximum atomic E-state index is 12.4. The highest BCUT2D eigenvalue weighted by molar-refractivity contribution is 5.75. The standard InChI is InChI=1S/C17H24N6O2/c1-10(2)8-18-17(24)23-7-6-13-12(9-23)14(20-22(13)3)16-19-15(21-25-16)11-4-5-11/h10-11H,4-9H2,1-3H3,(H,18,24). The average Bonchev–Trinajstić information content (AvgIpc) is 3.24. The number of nitrogens with one attached hydrogen (secondary N) is 1. The maximum Gasteiger partial charge on any atom is 0.317 e. The Morgan fingerprint density at radius 3 is 2.92 bits per heavy atom. The van der Waals surface area contributed by atoms with Gasteiger partial charge in [0, 0.05) is 43.7 Å². The lowest BCUT2D eigenvalue weighted by Gasteiger charge is -2.28. The van der Waals surface area contributed by atoms with Gasteiger partial charge in [-0.05, 0) is 18.8 Å². The van der Waals surface area contributed by atoms with Crippen LogP contribution in [-0.2, 0) is 20.0 Å². The Morgan fingerprint density at radius 2 is 2.20 bits per heavy atom. The molecule has 1 fully saturated rings. The van der Waals surface area contributed by atoms with E-state index >= 15 is 0 Å². The van der Waals surface area contributed by atoms with Crippen LogP contribution in [0.4, 0.5) is 4.79 Å². The van der Waals surface area contributed by atoms with E-state index in [2.05, 4.69) is 34.4 Å². The smallest absolute Gasteiger partial charge is 0.317 e. The number of amides is 2. The van der Waals surface area contributed by atoms with Crippen LogP contribution in [-0.4, -0.2) is 43.9 Å². The summed E-state index contributed by atoms with van der Waals surface area (Å²) in [5.74, 6) is 2.10. The second-order valence-electron chi connectivity index (χ2n) is 7.38. The Hall–Kier alpha value is -2.38. The fourth-order valence-electron chi connectivity index (χ4n) is 3.18. The largest absolute Gasteiger partial charge is 0.338 e. The van der Waals surface area contributed by atoms with Crippen molar-refractivity contribution in [1.82, 2.24) is 30.1 Å². The summed E-state index contributed by atoms with van der Waals surface area (Å²) in [6.45, 7) is 6.05. The van der Waals surface area contributed by atoms with E-state index in [-0.39, 0.29) is 6.03 Å². The van der Waals surface area contributed by atoms with Crippen LogP contribution in [0.2, 0.25) is 0 Å². The first kappa shape index (κ1) is 16.1. The molecule has 0 saturated heterocycles. The molecule has 8 nitrogen and oxygen atoms in total. The molecule has 0 spiro atoms. The maximum absolute atomic E-state index is 12.4. The minimum absolute atomic E-state index is 0.0293. The summed E-state index contributed by atoms with van der Waals surface area (Å²) in [5.41, 5.74) is 2.85. The molecule has 0 unspecified atom stereocenters. The van der Waals surface area contributed by atoms with Gasteiger partial charge in [0.2, 0.25) is 0 Å². The van der Waals surface area contributed by atoms with Gasteiger partial charge in [-0.25, -0.2) is 4.79 Å². The third-order valence-corrected chi connectivity index (χ3v) is 4.78. The third-order valence-electron chi connectivity index (χ3n) is 4.78. The normalized spacial score (nSPS) is 17.0. The molecule has 2 aliphatic rings. The summed E-state index contributed by atoms with van der Waals surface area (Å²) in [7, 11) is 1.93. The lowest BCUT2D eigenvalue weighted by Crippen LogP contribution is -2.44. The number of carbonyl (C=O) groups excluding carboxylic acids is 1. The molecule has 0 aromatic carbocycles. The van der Waals surface area contributed by atoms with Crippen molar-refractivity contribution >= 4 is 6.03 Å². The van der Waals surface area contributed by atoms with Gasteiger partial charge in [-0.15, -0.1) is 0 Å². The van der Waals surface area contributed by atoms with E-state index in [1.165, 1.54) is 0 Å². The summed E-state index contributed by atoms with van der Waals surface area (Å²) in [6, 6.07) is -0.0293. The first-order chi connectivity index (χ1) is 12.0. The molecule has 2 aromatic rings. The minimum Gasteiger partial charge on any atom is -0.338 e. The van der Waals surface area contributed by atoms with Gasteiger partial charge in [-0.1, -0.05) is 19.0 Å². The third kappa shape index (κ3) is 3.12. The van der Waals surface area contributed by atoms with Gasteiger partial charge < -0.3 is 14.7 Å². The quantitative estimate of drug-likeness (QED) is 0.917. The summed E-state index contributed by atoms with van der Waals surface area (Å²) < 4.78 is 7.32. The Kier molecular flexibility index (Phi) is 3.97. The molecule has 0 bridgehead atoms. The number of fused-ring (bicyclic) bond motifs is 1. The van der Waals surface area contributed by atoms with Crippen molar-refractivity contribution in [3.8, 4) is 11.6 Å². The number of nitrogens with zero attached hydrogens (tertiary/aromatic N) is 5. The summed E-state index contributed by atoms with van der Waals surface area (Å²) in [4.78, 5) is 18.8. The average molecular weight is 344 g/mol. The Bertz CT molecular complexity index is 789. The monoisotopic (exact) mass is 344 g/mol. The number of rotatable bonds is 4. The molecule has 0 radical (unpaired) electrons. The van der Waals surface area contributed by atoms with Gasteiger partial charge in [0.1, 0.15) is 0 Å². The van der Waals surface area contributed by atoms with Gasteiger partial charge in [-0.3, -0.25) is 4.68 Å². The first-order valence-corrected chi connectivity index (χ1v) is 8.94. The van der Waals surface area contributed by atoms with Crippen LogP contribution in [0, 0.1) is 5.92 Å². The van der Waals surface area contributed by atoms with Gasteiger partial charge in [0.05, 0.1) is 6.54 Å². The molecule has 8 heteroatoms. The number of urea groups is 1. The predicted molar refractivity (Wildman–Crippen MR) is 90.8 cm³/mol. The van der Waals surface area contributed by atoms with E-state index in [0.29, 0.717) is 43.1 Å². The van der Waals surface area contributed by atoms with Crippen LogP contribution in [0.1, 0.15) is 49.7 Å². The zero-order chi connectivity index (χ0) is 17.6. The highest BCUT2D eigenvalue weighted by Gasteiger charge is 2.32. The number of aromatic nitrogens is 4. The molecule has 1 N–H and O–H groups in total. The van der Waals surface area contributed by atoms with E-state index in [9.17, 15) is 4.79 Å². The van der Waals surface area contributed by atoms with Crippen LogP contribution in [0.15, 0.2) is 4.52 Å². The van der Waals surface area contributed by atoms with E-state index in [0.717, 1.165) is 36.3 Å². The summed E-state index contributed by atoms with van der Waals surface area (Å²) >= 11 is 0. The molecule has 1 aliphatic heterocycles. The van der Waals surface area contributed by atoms with Crippen LogP contribution >= 0.6 is 0 Å². The van der Waals surface area contributed by atoms with Crippen molar-refractivity contribution < 1.29 is 9.32 Å². The number of carbonyl (C=O) groups is 1. The van der Waals surface area contributed by atoms with Crippen molar-refractivity contribution in [3.63, 3.8) is 0 Å². The SMILES string of the molecule is CC(C)CNC(=O)N1CCc2c(c(-c3nc(C4CC4)no3)nn2C)C1. The molecular weight excluding hydrogens is 320 g/mol. The van der Waals surface area contributed by atoms with Crippen molar-refractivity contribution in [2.24, 2.45) is 13.0 Å². The second-order valence-corrected chi connectivity index (χ2v) is 7.38. The first-order valence-electron chi connectivity index (χ1n) is 8.94. The van der Waals surface area contributed by atoms with Gasteiger partial charge in [0.15, 0.2) is 11.5 Å². The number of aryl methyl sites for hydroxylation is 1. The molecule has 134 valence electrons. The predicted octanol–water partition coefficient (Wildman–Crippen LogP) is 2.07. The fourth-order valence-corrected chi connectivity index (χ4v) is 3.18. The van der Waals surface area contributed by atoms with E-state index in [1.54, 1.807) is 0 Å². The molecule has 25 heavy (non-hydrogen) atoms. The van der Waals surface area contributed by atoms with Crippen LogP contribution in [0.5, 0.6) is 0 Å². The van der Waals surface area contributed by atoms with Crippen molar-refractivity contribution in [2.45, 2.75) is 45.6 Å². The zero-order valence-electron chi connectivity index (χ0n) is 14.9. The molecule has 4 rings (SSSR count). The summed E-state index contributed by atoms with van der Waals surface area (Å²) in [5, 5.41) is 11.7. The lowest BCUT2D eigenvalue weighted by atomic mass is 10.1. The molecular formula is C17H24N6O2. The van der Waals surface area contributed by atoms with Crippen molar-refractivity contribution in [1.29, 1.82) is 0 Å². The highest BCUT2D eigenvalue weighted by atomic mass is 16.5. The molecule has 0 atom stereocenters.